The predicted molar refractivity (Wildman–Crippen MR) is 96.2 cm³/mol. The maximum absolute atomic E-state index is 13.2. The number of carbonyl (C=O) groups is 2. The Morgan fingerprint density at radius 1 is 1.16 bits per heavy atom. The van der Waals surface area contributed by atoms with Gasteiger partial charge in [0.25, 0.3) is 5.91 Å². The molecule has 25 heavy (non-hydrogen) atoms. The maximum Gasteiger partial charge on any atom is 0.329 e. The predicted octanol–water partition coefficient (Wildman–Crippen LogP) is 3.89. The van der Waals surface area contributed by atoms with Crippen molar-refractivity contribution in [3.05, 3.63) is 76.2 Å². The monoisotopic (exact) mass is 352 g/mol. The third-order valence-electron chi connectivity index (χ3n) is 4.54. The number of aliphatic carboxylic acids is 1. The number of amides is 1. The number of fused-ring (bicyclic) bond motifs is 1. The number of thiophene rings is 1. The van der Waals surface area contributed by atoms with Gasteiger partial charge in [-0.2, -0.15) is 11.3 Å². The number of anilines is 1. The summed E-state index contributed by atoms with van der Waals surface area (Å²) in [6.07, 6.45) is 1.66. The topological polar surface area (TPSA) is 62.5 Å². The Bertz CT molecular complexity index is 928. The number of carbonyl (C=O) groups excluding carboxylic acids is 1. The molecule has 6 heteroatoms. The lowest BCUT2D eigenvalue weighted by Crippen LogP contribution is -2.47. The number of aryl methyl sites for hydroxylation is 1. The summed E-state index contributed by atoms with van der Waals surface area (Å²) < 4.78 is 1.57. The minimum absolute atomic E-state index is 0.192. The van der Waals surface area contributed by atoms with E-state index >= 15 is 0 Å². The molecule has 2 atom stereocenters. The molecular weight excluding hydrogens is 336 g/mol. The second-order valence-corrected chi connectivity index (χ2v) is 6.88. The molecule has 3 heterocycles. The fourth-order valence-electron chi connectivity index (χ4n) is 3.37. The molecule has 2 aromatic heterocycles. The first-order valence-electron chi connectivity index (χ1n) is 7.90. The van der Waals surface area contributed by atoms with Gasteiger partial charge in [-0.1, -0.05) is 17.7 Å². The highest BCUT2D eigenvalue weighted by atomic mass is 32.1. The summed E-state index contributed by atoms with van der Waals surface area (Å²) in [6.45, 7) is 1.98. The number of aromatic nitrogens is 1. The van der Waals surface area contributed by atoms with Crippen molar-refractivity contribution >= 4 is 28.9 Å². The van der Waals surface area contributed by atoms with Crippen LogP contribution in [0.1, 0.15) is 33.7 Å². The van der Waals surface area contributed by atoms with Crippen molar-refractivity contribution in [2.45, 2.75) is 19.0 Å². The fourth-order valence-corrected chi connectivity index (χ4v) is 4.06. The minimum Gasteiger partial charge on any atom is -0.480 e. The largest absolute Gasteiger partial charge is 0.480 e. The van der Waals surface area contributed by atoms with Crippen LogP contribution in [0, 0.1) is 6.92 Å². The zero-order valence-corrected chi connectivity index (χ0v) is 14.3. The molecule has 0 saturated carbocycles. The summed E-state index contributed by atoms with van der Waals surface area (Å²) in [5.74, 6) is -1.15. The summed E-state index contributed by atoms with van der Waals surface area (Å²) in [4.78, 5) is 26.9. The van der Waals surface area contributed by atoms with Crippen LogP contribution < -0.4 is 4.90 Å². The number of carboxylic acid groups (broad SMARTS) is 1. The van der Waals surface area contributed by atoms with E-state index in [1.807, 2.05) is 48.0 Å². The van der Waals surface area contributed by atoms with E-state index in [0.29, 0.717) is 11.4 Å². The number of nitrogens with zero attached hydrogens (tertiary/aromatic N) is 2. The Hall–Kier alpha value is -2.86. The Morgan fingerprint density at radius 3 is 2.56 bits per heavy atom. The number of rotatable bonds is 3. The van der Waals surface area contributed by atoms with Crippen LogP contribution in [0.25, 0.3) is 0 Å². The van der Waals surface area contributed by atoms with Gasteiger partial charge in [-0.25, -0.2) is 4.79 Å². The molecule has 3 aromatic rings. The molecule has 0 saturated heterocycles. The lowest BCUT2D eigenvalue weighted by molar-refractivity contribution is -0.141. The first-order chi connectivity index (χ1) is 12.1. The first kappa shape index (κ1) is 15.7. The number of carboxylic acids is 1. The van der Waals surface area contributed by atoms with Gasteiger partial charge in [-0.05, 0) is 53.6 Å². The van der Waals surface area contributed by atoms with Crippen molar-refractivity contribution in [2.24, 2.45) is 0 Å². The third-order valence-corrected chi connectivity index (χ3v) is 5.25. The zero-order valence-electron chi connectivity index (χ0n) is 13.5. The number of hydrogen-bond acceptors (Lipinski definition) is 3. The standard InChI is InChI=1S/C19H16N2O3S/c1-12-4-6-14(7-5-12)21-16(13-8-10-25-11-13)17(19(23)24)20-9-2-3-15(20)18(21)22/h2-11,16-17H,1H3,(H,23,24)/t16-,17+/m1/s1. The van der Waals surface area contributed by atoms with E-state index in [9.17, 15) is 14.7 Å². The molecule has 0 unspecified atom stereocenters. The maximum atomic E-state index is 13.2. The Morgan fingerprint density at radius 2 is 1.92 bits per heavy atom. The molecule has 1 aliphatic heterocycles. The summed E-state index contributed by atoms with van der Waals surface area (Å²) >= 11 is 1.49. The summed E-state index contributed by atoms with van der Waals surface area (Å²) in [5, 5.41) is 13.7. The molecule has 5 nitrogen and oxygen atoms in total. The van der Waals surface area contributed by atoms with Crippen molar-refractivity contribution in [3.63, 3.8) is 0 Å². The quantitative estimate of drug-likeness (QED) is 0.778. The Labute approximate surface area is 148 Å². The van der Waals surface area contributed by atoms with Crippen LogP contribution in [0.3, 0.4) is 0 Å². The van der Waals surface area contributed by atoms with E-state index in [4.69, 9.17) is 0 Å². The van der Waals surface area contributed by atoms with Crippen LogP contribution in [-0.4, -0.2) is 21.6 Å². The highest BCUT2D eigenvalue weighted by molar-refractivity contribution is 7.08. The van der Waals surface area contributed by atoms with Gasteiger partial charge in [0.2, 0.25) is 0 Å². The molecule has 0 aliphatic carbocycles. The summed E-state index contributed by atoms with van der Waals surface area (Å²) in [7, 11) is 0. The van der Waals surface area contributed by atoms with E-state index in [-0.39, 0.29) is 5.91 Å². The van der Waals surface area contributed by atoms with Crippen LogP contribution in [0.15, 0.2) is 59.4 Å². The molecule has 0 fully saturated rings. The SMILES string of the molecule is Cc1ccc(N2C(=O)c3cccn3[C@H](C(=O)O)[C@H]2c2ccsc2)cc1. The fraction of sp³-hybridized carbons (Fsp3) is 0.158. The molecule has 0 bridgehead atoms. The van der Waals surface area contributed by atoms with Gasteiger partial charge in [0.15, 0.2) is 6.04 Å². The van der Waals surface area contributed by atoms with Gasteiger partial charge in [0.05, 0.1) is 6.04 Å². The van der Waals surface area contributed by atoms with Crippen LogP contribution in [0.5, 0.6) is 0 Å². The van der Waals surface area contributed by atoms with Crippen LogP contribution in [0.4, 0.5) is 5.69 Å². The molecule has 4 rings (SSSR count). The van der Waals surface area contributed by atoms with Crippen molar-refractivity contribution in [2.75, 3.05) is 4.90 Å². The Balaban J connectivity index is 1.95. The van der Waals surface area contributed by atoms with Gasteiger partial charge >= 0.3 is 5.97 Å². The summed E-state index contributed by atoms with van der Waals surface area (Å²) in [5.41, 5.74) is 2.99. The van der Waals surface area contributed by atoms with Crippen LogP contribution in [0.2, 0.25) is 0 Å². The Kier molecular flexibility index (Phi) is 3.69. The minimum atomic E-state index is -0.960. The molecule has 1 N–H and O–H groups in total. The molecular formula is C19H16N2O3S. The van der Waals surface area contributed by atoms with E-state index in [1.54, 1.807) is 27.8 Å². The third kappa shape index (κ3) is 2.46. The highest BCUT2D eigenvalue weighted by Crippen LogP contribution is 2.42. The first-order valence-corrected chi connectivity index (χ1v) is 8.84. The molecule has 0 radical (unpaired) electrons. The number of hydrogen-bond donors (Lipinski definition) is 1. The molecule has 0 spiro atoms. The second kappa shape index (κ2) is 5.89. The van der Waals surface area contributed by atoms with Gasteiger partial charge in [0, 0.05) is 11.9 Å². The average Bonchev–Trinajstić information content (AvgIpc) is 3.27. The van der Waals surface area contributed by atoms with E-state index in [1.165, 1.54) is 11.3 Å². The normalized spacial score (nSPS) is 19.7. The average molecular weight is 352 g/mol. The molecule has 1 amide bonds. The van der Waals surface area contributed by atoms with E-state index < -0.39 is 18.1 Å². The molecule has 1 aromatic carbocycles. The number of benzene rings is 1. The van der Waals surface area contributed by atoms with Crippen molar-refractivity contribution < 1.29 is 14.7 Å². The highest BCUT2D eigenvalue weighted by Gasteiger charge is 2.44. The molecule has 1 aliphatic rings. The van der Waals surface area contributed by atoms with Gasteiger partial charge in [-0.15, -0.1) is 0 Å². The van der Waals surface area contributed by atoms with Gasteiger partial charge in [0.1, 0.15) is 5.69 Å². The van der Waals surface area contributed by atoms with E-state index in [2.05, 4.69) is 0 Å². The van der Waals surface area contributed by atoms with Gasteiger partial charge < -0.3 is 9.67 Å². The van der Waals surface area contributed by atoms with Crippen molar-refractivity contribution in [1.29, 1.82) is 0 Å². The van der Waals surface area contributed by atoms with Crippen LogP contribution in [-0.2, 0) is 4.79 Å². The van der Waals surface area contributed by atoms with Crippen molar-refractivity contribution in [3.8, 4) is 0 Å². The smallest absolute Gasteiger partial charge is 0.329 e. The summed E-state index contributed by atoms with van der Waals surface area (Å²) in [6, 6.07) is 11.4. The molecule has 126 valence electrons. The van der Waals surface area contributed by atoms with E-state index in [0.717, 1.165) is 11.1 Å². The lowest BCUT2D eigenvalue weighted by atomic mass is 9.95. The van der Waals surface area contributed by atoms with Crippen LogP contribution >= 0.6 is 11.3 Å². The second-order valence-electron chi connectivity index (χ2n) is 6.10. The lowest BCUT2D eigenvalue weighted by Gasteiger charge is -2.40. The zero-order chi connectivity index (χ0) is 17.6. The van der Waals surface area contributed by atoms with Crippen molar-refractivity contribution in [1.82, 2.24) is 4.57 Å². The van der Waals surface area contributed by atoms with Gasteiger partial charge in [-0.3, -0.25) is 9.69 Å².